The van der Waals surface area contributed by atoms with Crippen LogP contribution in [0.5, 0.6) is 0 Å². The van der Waals surface area contributed by atoms with Crippen LogP contribution in [-0.4, -0.2) is 49.0 Å². The summed E-state index contributed by atoms with van der Waals surface area (Å²) in [6, 6.07) is 0.230. The molecule has 1 rings (SSSR count). The summed E-state index contributed by atoms with van der Waals surface area (Å²) < 4.78 is 12.2. The molecule has 0 spiro atoms. The van der Waals surface area contributed by atoms with Crippen molar-refractivity contribution in [2.75, 3.05) is 33.0 Å². The maximum absolute atomic E-state index is 6.10. The minimum Gasteiger partial charge on any atom is -0.380 e. The first kappa shape index (κ1) is 45.1. The first-order valence-electron chi connectivity index (χ1n) is 20.8. The van der Waals surface area contributed by atoms with Gasteiger partial charge in [-0.05, 0) is 77.0 Å². The van der Waals surface area contributed by atoms with Gasteiger partial charge in [0.05, 0.1) is 31.3 Å². The van der Waals surface area contributed by atoms with Crippen LogP contribution in [0.2, 0.25) is 0 Å². The lowest BCUT2D eigenvalue weighted by Crippen LogP contribution is -2.39. The molecule has 0 saturated heterocycles. The minimum atomic E-state index is 0.230. The minimum absolute atomic E-state index is 0.230. The van der Waals surface area contributed by atoms with Crippen molar-refractivity contribution in [1.82, 2.24) is 15.3 Å². The van der Waals surface area contributed by atoms with Crippen molar-refractivity contribution in [3.63, 3.8) is 0 Å². The zero-order chi connectivity index (χ0) is 35.0. The highest BCUT2D eigenvalue weighted by Crippen LogP contribution is 2.10. The SMILES string of the molecule is CCCCCC=CCC=CCCCCCCCCOCC(COCCCCCCCCC=CCC=CCCCCC)NCCc1c[nH]cn1. The molecule has 5 nitrogen and oxygen atoms in total. The molecule has 0 aromatic carbocycles. The summed E-state index contributed by atoms with van der Waals surface area (Å²) in [5.41, 5.74) is 1.09. The number of hydrogen-bond acceptors (Lipinski definition) is 4. The highest BCUT2D eigenvalue weighted by molar-refractivity contribution is 4.95. The Morgan fingerprint density at radius 1 is 0.571 bits per heavy atom. The van der Waals surface area contributed by atoms with E-state index in [1.54, 1.807) is 6.33 Å². The van der Waals surface area contributed by atoms with Crippen molar-refractivity contribution in [2.24, 2.45) is 0 Å². The Labute approximate surface area is 304 Å². The number of H-pyrrole nitrogens is 1. The second kappa shape index (κ2) is 38.8. The number of aromatic nitrogens is 2. The molecule has 0 amide bonds. The van der Waals surface area contributed by atoms with E-state index in [9.17, 15) is 0 Å². The standard InChI is InChI=1S/C44H79N3O2/c1-3-5-7-9-11-13-15-17-19-21-23-25-27-29-31-33-37-48-40-44(46-36-35-43-39-45-42-47-43)41-49-38-34-32-30-28-26-24-22-20-18-16-14-12-10-8-6-4-2/h11-14,17-20,39,42,44,46H,3-10,15-16,21-38,40-41H2,1-2H3,(H,45,47). The van der Waals surface area contributed by atoms with Gasteiger partial charge in [-0.3, -0.25) is 0 Å². The summed E-state index contributed by atoms with van der Waals surface area (Å²) in [4.78, 5) is 7.39. The number of allylic oxidation sites excluding steroid dienone is 8. The van der Waals surface area contributed by atoms with E-state index in [1.165, 1.54) is 128 Å². The fraction of sp³-hybridized carbons (Fsp3) is 0.750. The average Bonchev–Trinajstić information content (AvgIpc) is 3.64. The Morgan fingerprint density at radius 2 is 1.00 bits per heavy atom. The first-order chi connectivity index (χ1) is 24.4. The van der Waals surface area contributed by atoms with Gasteiger partial charge in [-0.1, -0.05) is 140 Å². The molecule has 0 radical (unpaired) electrons. The number of nitrogens with one attached hydrogen (secondary N) is 2. The highest BCUT2D eigenvalue weighted by Gasteiger charge is 2.09. The van der Waals surface area contributed by atoms with Crippen molar-refractivity contribution >= 4 is 0 Å². The molecule has 2 N–H and O–H groups in total. The molecule has 49 heavy (non-hydrogen) atoms. The number of ether oxygens (including phenoxy) is 2. The summed E-state index contributed by atoms with van der Waals surface area (Å²) in [5.74, 6) is 0. The van der Waals surface area contributed by atoms with Crippen LogP contribution >= 0.6 is 0 Å². The summed E-state index contributed by atoms with van der Waals surface area (Å²) in [6.45, 7) is 8.53. The molecular formula is C44H79N3O2. The summed E-state index contributed by atoms with van der Waals surface area (Å²) in [5, 5.41) is 3.65. The van der Waals surface area contributed by atoms with E-state index in [2.05, 4.69) is 77.7 Å². The summed E-state index contributed by atoms with van der Waals surface area (Å²) in [7, 11) is 0. The van der Waals surface area contributed by atoms with Crippen LogP contribution in [0, 0.1) is 0 Å². The van der Waals surface area contributed by atoms with Gasteiger partial charge in [0.2, 0.25) is 0 Å². The second-order valence-electron chi connectivity index (χ2n) is 13.8. The van der Waals surface area contributed by atoms with Gasteiger partial charge in [0.1, 0.15) is 0 Å². The molecule has 0 aliphatic carbocycles. The first-order valence-corrected chi connectivity index (χ1v) is 20.8. The van der Waals surface area contributed by atoms with E-state index in [-0.39, 0.29) is 6.04 Å². The monoisotopic (exact) mass is 682 g/mol. The van der Waals surface area contributed by atoms with Crippen LogP contribution in [0.1, 0.15) is 174 Å². The van der Waals surface area contributed by atoms with Crippen LogP contribution in [-0.2, 0) is 15.9 Å². The quantitative estimate of drug-likeness (QED) is 0.0539. The zero-order valence-corrected chi connectivity index (χ0v) is 32.3. The molecule has 1 aromatic rings. The van der Waals surface area contributed by atoms with E-state index in [1.807, 2.05) is 6.20 Å². The largest absolute Gasteiger partial charge is 0.380 e. The van der Waals surface area contributed by atoms with E-state index >= 15 is 0 Å². The lowest BCUT2D eigenvalue weighted by atomic mass is 10.1. The number of aromatic amines is 1. The Morgan fingerprint density at radius 3 is 1.43 bits per heavy atom. The molecule has 1 heterocycles. The molecule has 0 aliphatic rings. The Kier molecular flexibility index (Phi) is 35.7. The van der Waals surface area contributed by atoms with Crippen molar-refractivity contribution in [1.29, 1.82) is 0 Å². The number of hydrogen-bond donors (Lipinski definition) is 2. The Bertz CT molecular complexity index is 825. The third-order valence-corrected chi connectivity index (χ3v) is 8.99. The van der Waals surface area contributed by atoms with Gasteiger partial charge in [0.15, 0.2) is 0 Å². The normalized spacial score (nSPS) is 12.9. The molecule has 0 fully saturated rings. The lowest BCUT2D eigenvalue weighted by Gasteiger charge is -2.19. The molecule has 0 aliphatic heterocycles. The van der Waals surface area contributed by atoms with Crippen LogP contribution < -0.4 is 5.32 Å². The third kappa shape index (κ3) is 34.3. The highest BCUT2D eigenvalue weighted by atomic mass is 16.5. The Balaban J connectivity index is 2.02. The smallest absolute Gasteiger partial charge is 0.0923 e. The maximum atomic E-state index is 6.10. The van der Waals surface area contributed by atoms with Gasteiger partial charge in [0, 0.05) is 32.4 Å². The van der Waals surface area contributed by atoms with Crippen LogP contribution in [0.3, 0.4) is 0 Å². The number of imidazole rings is 1. The Hall–Kier alpha value is -1.95. The van der Waals surface area contributed by atoms with E-state index in [0.29, 0.717) is 13.2 Å². The fourth-order valence-electron chi connectivity index (χ4n) is 5.83. The van der Waals surface area contributed by atoms with Crippen LogP contribution in [0.25, 0.3) is 0 Å². The molecule has 0 unspecified atom stereocenters. The molecule has 0 saturated carbocycles. The van der Waals surface area contributed by atoms with Gasteiger partial charge in [-0.25, -0.2) is 4.98 Å². The van der Waals surface area contributed by atoms with Gasteiger partial charge in [-0.15, -0.1) is 0 Å². The van der Waals surface area contributed by atoms with Crippen LogP contribution in [0.15, 0.2) is 61.1 Å². The molecular weight excluding hydrogens is 603 g/mol. The number of nitrogens with zero attached hydrogens (tertiary/aromatic N) is 1. The number of unbranched alkanes of at least 4 members (excludes halogenated alkanes) is 18. The topological polar surface area (TPSA) is 59.2 Å². The third-order valence-electron chi connectivity index (χ3n) is 8.99. The summed E-state index contributed by atoms with van der Waals surface area (Å²) >= 11 is 0. The number of rotatable bonds is 38. The average molecular weight is 682 g/mol. The van der Waals surface area contributed by atoms with Crippen molar-refractivity contribution in [2.45, 2.75) is 180 Å². The zero-order valence-electron chi connectivity index (χ0n) is 32.3. The van der Waals surface area contributed by atoms with E-state index in [4.69, 9.17) is 9.47 Å². The van der Waals surface area contributed by atoms with Gasteiger partial charge in [-0.2, -0.15) is 0 Å². The predicted octanol–water partition coefficient (Wildman–Crippen LogP) is 12.6. The van der Waals surface area contributed by atoms with E-state index < -0.39 is 0 Å². The molecule has 1 aromatic heterocycles. The second-order valence-corrected chi connectivity index (χ2v) is 13.8. The van der Waals surface area contributed by atoms with Crippen LogP contribution in [0.4, 0.5) is 0 Å². The van der Waals surface area contributed by atoms with Gasteiger partial charge < -0.3 is 19.8 Å². The van der Waals surface area contributed by atoms with E-state index in [0.717, 1.165) is 57.6 Å². The molecule has 282 valence electrons. The molecule has 5 heteroatoms. The molecule has 0 atom stereocenters. The fourth-order valence-corrected chi connectivity index (χ4v) is 5.83. The predicted molar refractivity (Wildman–Crippen MR) is 214 cm³/mol. The molecule has 0 bridgehead atoms. The summed E-state index contributed by atoms with van der Waals surface area (Å²) in [6.07, 6.45) is 53.9. The maximum Gasteiger partial charge on any atom is 0.0923 e. The lowest BCUT2D eigenvalue weighted by molar-refractivity contribution is 0.0530. The van der Waals surface area contributed by atoms with Gasteiger partial charge >= 0.3 is 0 Å². The van der Waals surface area contributed by atoms with Crippen molar-refractivity contribution < 1.29 is 9.47 Å². The van der Waals surface area contributed by atoms with Crippen molar-refractivity contribution in [3.8, 4) is 0 Å². The van der Waals surface area contributed by atoms with Crippen molar-refractivity contribution in [3.05, 3.63) is 66.8 Å². The van der Waals surface area contributed by atoms with Gasteiger partial charge in [0.25, 0.3) is 0 Å².